The molecule has 0 aliphatic heterocycles. The Labute approximate surface area is 126 Å². The summed E-state index contributed by atoms with van der Waals surface area (Å²) in [5, 5.41) is 3.49. The first-order valence-electron chi connectivity index (χ1n) is 7.63. The molecule has 0 aromatic heterocycles. The van der Waals surface area contributed by atoms with E-state index in [9.17, 15) is 4.21 Å². The maximum absolute atomic E-state index is 12.3. The summed E-state index contributed by atoms with van der Waals surface area (Å²) in [5.41, 5.74) is 3.86. The van der Waals surface area contributed by atoms with E-state index in [0.717, 1.165) is 18.7 Å². The molecule has 0 saturated carbocycles. The Morgan fingerprint density at radius 1 is 1.20 bits per heavy atom. The van der Waals surface area contributed by atoms with Gasteiger partial charge in [0.25, 0.3) is 0 Å². The third-order valence-corrected chi connectivity index (χ3v) is 5.42. The molecule has 20 heavy (non-hydrogen) atoms. The van der Waals surface area contributed by atoms with E-state index in [4.69, 9.17) is 0 Å². The third-order valence-electron chi connectivity index (χ3n) is 3.77. The molecule has 3 unspecified atom stereocenters. The summed E-state index contributed by atoms with van der Waals surface area (Å²) < 4.78 is 12.3. The normalized spacial score (nSPS) is 15.8. The van der Waals surface area contributed by atoms with Gasteiger partial charge in [-0.15, -0.1) is 0 Å². The van der Waals surface area contributed by atoms with Gasteiger partial charge in [-0.05, 0) is 37.4 Å². The molecule has 1 rings (SSSR count). The summed E-state index contributed by atoms with van der Waals surface area (Å²) in [6, 6.07) is 6.73. The summed E-state index contributed by atoms with van der Waals surface area (Å²) in [6.07, 6.45) is 1.10. The Kier molecular flexibility index (Phi) is 7.46. The lowest BCUT2D eigenvalue weighted by molar-refractivity contribution is 0.581. The minimum Gasteiger partial charge on any atom is -0.309 e. The van der Waals surface area contributed by atoms with Crippen molar-refractivity contribution in [2.24, 2.45) is 5.92 Å². The minimum absolute atomic E-state index is 0.200. The Morgan fingerprint density at radius 3 is 2.45 bits per heavy atom. The molecular formula is C17H29NOS. The van der Waals surface area contributed by atoms with Crippen molar-refractivity contribution in [3.63, 3.8) is 0 Å². The van der Waals surface area contributed by atoms with Crippen LogP contribution in [0.2, 0.25) is 0 Å². The first kappa shape index (κ1) is 17.4. The molecular weight excluding hydrogens is 266 g/mol. The fourth-order valence-electron chi connectivity index (χ4n) is 2.41. The maximum atomic E-state index is 12.3. The van der Waals surface area contributed by atoms with Crippen LogP contribution in [0, 0.1) is 19.8 Å². The number of hydrogen-bond acceptors (Lipinski definition) is 2. The van der Waals surface area contributed by atoms with Crippen LogP contribution < -0.4 is 5.32 Å². The van der Waals surface area contributed by atoms with Crippen molar-refractivity contribution in [2.45, 2.75) is 47.1 Å². The van der Waals surface area contributed by atoms with Gasteiger partial charge in [0, 0.05) is 28.3 Å². The number of hydrogen-bond donors (Lipinski definition) is 1. The van der Waals surface area contributed by atoms with Gasteiger partial charge in [-0.2, -0.15) is 0 Å². The largest absolute Gasteiger partial charge is 0.309 e. The molecule has 0 saturated heterocycles. The highest BCUT2D eigenvalue weighted by Gasteiger charge is 2.17. The van der Waals surface area contributed by atoms with E-state index >= 15 is 0 Å². The van der Waals surface area contributed by atoms with Crippen molar-refractivity contribution in [1.82, 2.24) is 5.32 Å². The van der Waals surface area contributed by atoms with Crippen LogP contribution in [0.25, 0.3) is 0 Å². The molecule has 1 aromatic rings. The first-order valence-corrected chi connectivity index (χ1v) is 9.12. The summed E-state index contributed by atoms with van der Waals surface area (Å²) >= 11 is 0. The standard InChI is InChI=1S/C17H29NOS/c1-6-13(3)11-20(19)12-17(18-7-2)16-9-8-14(4)10-15(16)5/h8-10,13,17-18H,6-7,11-12H2,1-5H3. The van der Waals surface area contributed by atoms with Gasteiger partial charge in [0.05, 0.1) is 0 Å². The predicted octanol–water partition coefficient (Wildman–Crippen LogP) is 3.75. The fraction of sp³-hybridized carbons (Fsp3) is 0.647. The van der Waals surface area contributed by atoms with Gasteiger partial charge in [-0.1, -0.05) is 51.0 Å². The fourth-order valence-corrected chi connectivity index (χ4v) is 4.09. The molecule has 0 spiro atoms. The molecule has 3 heteroatoms. The van der Waals surface area contributed by atoms with Crippen molar-refractivity contribution < 1.29 is 4.21 Å². The summed E-state index contributed by atoms with van der Waals surface area (Å²) in [7, 11) is -0.758. The van der Waals surface area contributed by atoms with Crippen LogP contribution in [0.1, 0.15) is 49.9 Å². The summed E-state index contributed by atoms with van der Waals surface area (Å²) in [6.45, 7) is 11.6. The zero-order valence-corrected chi connectivity index (χ0v) is 14.3. The maximum Gasteiger partial charge on any atom is 0.0439 e. The molecule has 114 valence electrons. The van der Waals surface area contributed by atoms with E-state index in [-0.39, 0.29) is 6.04 Å². The van der Waals surface area contributed by atoms with Crippen LogP contribution in [-0.2, 0) is 10.8 Å². The molecule has 0 heterocycles. The van der Waals surface area contributed by atoms with Crippen LogP contribution in [0.5, 0.6) is 0 Å². The number of rotatable bonds is 8. The van der Waals surface area contributed by atoms with E-state index in [2.05, 4.69) is 58.1 Å². The minimum atomic E-state index is -0.758. The number of nitrogens with one attached hydrogen (secondary N) is 1. The van der Waals surface area contributed by atoms with E-state index in [1.807, 2.05) is 0 Å². The third kappa shape index (κ3) is 5.37. The molecule has 1 N–H and O–H groups in total. The smallest absolute Gasteiger partial charge is 0.0439 e. The first-order chi connectivity index (χ1) is 9.47. The van der Waals surface area contributed by atoms with Crippen molar-refractivity contribution in [1.29, 1.82) is 0 Å². The van der Waals surface area contributed by atoms with Crippen LogP contribution in [0.3, 0.4) is 0 Å². The molecule has 0 fully saturated rings. The second-order valence-electron chi connectivity index (χ2n) is 5.76. The lowest BCUT2D eigenvalue weighted by Gasteiger charge is -2.21. The second kappa shape index (κ2) is 8.58. The quantitative estimate of drug-likeness (QED) is 0.791. The van der Waals surface area contributed by atoms with Crippen LogP contribution in [0.4, 0.5) is 0 Å². The molecule has 0 radical (unpaired) electrons. The molecule has 1 aromatic carbocycles. The van der Waals surface area contributed by atoms with Gasteiger partial charge in [-0.3, -0.25) is 4.21 Å². The Hall–Kier alpha value is -0.670. The molecule has 3 atom stereocenters. The zero-order valence-electron chi connectivity index (χ0n) is 13.5. The average Bonchev–Trinajstić information content (AvgIpc) is 2.38. The summed E-state index contributed by atoms with van der Waals surface area (Å²) in [5.74, 6) is 2.06. The highest BCUT2D eigenvalue weighted by Crippen LogP contribution is 2.20. The van der Waals surface area contributed by atoms with Crippen molar-refractivity contribution in [2.75, 3.05) is 18.1 Å². The van der Waals surface area contributed by atoms with Crippen LogP contribution in [0.15, 0.2) is 18.2 Å². The number of aryl methyl sites for hydroxylation is 2. The van der Waals surface area contributed by atoms with Crippen molar-refractivity contribution in [3.8, 4) is 0 Å². The van der Waals surface area contributed by atoms with E-state index in [1.165, 1.54) is 16.7 Å². The number of benzene rings is 1. The van der Waals surface area contributed by atoms with E-state index < -0.39 is 10.8 Å². The van der Waals surface area contributed by atoms with Gasteiger partial charge < -0.3 is 5.32 Å². The predicted molar refractivity (Wildman–Crippen MR) is 89.7 cm³/mol. The zero-order chi connectivity index (χ0) is 15.1. The second-order valence-corrected chi connectivity index (χ2v) is 7.30. The van der Waals surface area contributed by atoms with E-state index in [1.54, 1.807) is 0 Å². The van der Waals surface area contributed by atoms with Crippen molar-refractivity contribution >= 4 is 10.8 Å². The van der Waals surface area contributed by atoms with Gasteiger partial charge >= 0.3 is 0 Å². The van der Waals surface area contributed by atoms with Crippen LogP contribution >= 0.6 is 0 Å². The van der Waals surface area contributed by atoms with Gasteiger partial charge in [-0.25, -0.2) is 0 Å². The highest BCUT2D eigenvalue weighted by molar-refractivity contribution is 7.85. The average molecular weight is 295 g/mol. The Morgan fingerprint density at radius 2 is 1.90 bits per heavy atom. The lowest BCUT2D eigenvalue weighted by Crippen LogP contribution is -2.28. The molecule has 0 bridgehead atoms. The van der Waals surface area contributed by atoms with Crippen molar-refractivity contribution in [3.05, 3.63) is 34.9 Å². The van der Waals surface area contributed by atoms with E-state index in [0.29, 0.717) is 11.7 Å². The topological polar surface area (TPSA) is 29.1 Å². The molecule has 0 amide bonds. The highest BCUT2D eigenvalue weighted by atomic mass is 32.2. The Balaban J connectivity index is 2.80. The molecule has 0 aliphatic carbocycles. The lowest BCUT2D eigenvalue weighted by atomic mass is 10.0. The van der Waals surface area contributed by atoms with Gasteiger partial charge in [0.1, 0.15) is 0 Å². The van der Waals surface area contributed by atoms with Crippen LogP contribution in [-0.4, -0.2) is 22.3 Å². The molecule has 2 nitrogen and oxygen atoms in total. The SMILES string of the molecule is CCNC(CS(=O)CC(C)CC)c1ccc(C)cc1C. The monoisotopic (exact) mass is 295 g/mol. The Bertz CT molecular complexity index is 445. The summed E-state index contributed by atoms with van der Waals surface area (Å²) in [4.78, 5) is 0. The molecule has 0 aliphatic rings. The van der Waals surface area contributed by atoms with Gasteiger partial charge in [0.2, 0.25) is 0 Å². The van der Waals surface area contributed by atoms with Gasteiger partial charge in [0.15, 0.2) is 0 Å².